The lowest BCUT2D eigenvalue weighted by Gasteiger charge is -2.24. The molecule has 0 unspecified atom stereocenters. The van der Waals surface area contributed by atoms with Crippen molar-refractivity contribution < 1.29 is 0 Å². The summed E-state index contributed by atoms with van der Waals surface area (Å²) in [5.74, 6) is 0. The van der Waals surface area contributed by atoms with Crippen LogP contribution in [0.2, 0.25) is 0 Å². The molecule has 1 aliphatic rings. The van der Waals surface area contributed by atoms with Crippen LogP contribution in [0.3, 0.4) is 0 Å². The predicted octanol–water partition coefficient (Wildman–Crippen LogP) is 4.03. The van der Waals surface area contributed by atoms with Crippen molar-refractivity contribution in [2.45, 2.75) is 32.2 Å². The fourth-order valence-electron chi connectivity index (χ4n) is 2.72. The topological polar surface area (TPSA) is 43.6 Å². The third-order valence-corrected chi connectivity index (χ3v) is 4.27. The Hall–Kier alpha value is -2.49. The van der Waals surface area contributed by atoms with Crippen molar-refractivity contribution in [3.63, 3.8) is 0 Å². The van der Waals surface area contributed by atoms with Gasteiger partial charge in [-0.2, -0.15) is 0 Å². The zero-order chi connectivity index (χ0) is 14.9. The molecule has 1 aromatic carbocycles. The first-order chi connectivity index (χ1) is 10.8. The van der Waals surface area contributed by atoms with Crippen LogP contribution in [0.5, 0.6) is 0 Å². The maximum Gasteiger partial charge on any atom is 0.105 e. The van der Waals surface area contributed by atoms with Crippen LogP contribution < -0.4 is 0 Å². The molecule has 1 aliphatic carbocycles. The molecule has 22 heavy (non-hydrogen) atoms. The maximum atomic E-state index is 4.66. The van der Waals surface area contributed by atoms with Crippen LogP contribution in [0.15, 0.2) is 36.5 Å². The van der Waals surface area contributed by atoms with E-state index in [1.54, 1.807) is 0 Å². The normalized spacial score (nSPS) is 15.5. The molecule has 2 aromatic heterocycles. The van der Waals surface area contributed by atoms with Gasteiger partial charge >= 0.3 is 0 Å². The second-order valence-electron chi connectivity index (χ2n) is 5.97. The minimum absolute atomic E-state index is 0.552. The van der Waals surface area contributed by atoms with E-state index in [0.717, 1.165) is 16.9 Å². The number of nitrogens with zero attached hydrogens (tertiary/aromatic N) is 4. The largest absolute Gasteiger partial charge is 0.249 e. The van der Waals surface area contributed by atoms with E-state index in [1.165, 1.54) is 30.2 Å². The molecular formula is C18H18N4. The Morgan fingerprint density at radius 2 is 1.95 bits per heavy atom. The molecule has 0 N–H and O–H groups in total. The highest BCUT2D eigenvalue weighted by atomic mass is 15.4. The highest BCUT2D eigenvalue weighted by Gasteiger charge is 2.20. The summed E-state index contributed by atoms with van der Waals surface area (Å²) in [6, 6.07) is 11.0. The van der Waals surface area contributed by atoms with E-state index in [-0.39, 0.29) is 0 Å². The SMILES string of the molecule is Cc1ccc2nc(/C=C/c3cn(C4CCC4)nn3)ccc2c1. The zero-order valence-corrected chi connectivity index (χ0v) is 12.6. The smallest absolute Gasteiger partial charge is 0.105 e. The summed E-state index contributed by atoms with van der Waals surface area (Å²) in [4.78, 5) is 4.66. The van der Waals surface area contributed by atoms with Gasteiger partial charge < -0.3 is 0 Å². The second kappa shape index (κ2) is 5.37. The Labute approximate surface area is 129 Å². The molecule has 0 aliphatic heterocycles. The third kappa shape index (κ3) is 2.52. The van der Waals surface area contributed by atoms with Gasteiger partial charge in [0.15, 0.2) is 0 Å². The van der Waals surface area contributed by atoms with Crippen LogP contribution in [0.25, 0.3) is 23.1 Å². The molecule has 0 amide bonds. The number of hydrogen-bond donors (Lipinski definition) is 0. The second-order valence-corrected chi connectivity index (χ2v) is 5.97. The Balaban J connectivity index is 1.56. The molecular weight excluding hydrogens is 272 g/mol. The van der Waals surface area contributed by atoms with Gasteiger partial charge in [-0.3, -0.25) is 0 Å². The van der Waals surface area contributed by atoms with Gasteiger partial charge in [-0.25, -0.2) is 9.67 Å². The Kier molecular flexibility index (Phi) is 3.22. The average molecular weight is 290 g/mol. The Morgan fingerprint density at radius 3 is 2.77 bits per heavy atom. The zero-order valence-electron chi connectivity index (χ0n) is 12.6. The summed E-state index contributed by atoms with van der Waals surface area (Å²) in [6.07, 6.45) is 9.73. The molecule has 1 saturated carbocycles. The fourth-order valence-corrected chi connectivity index (χ4v) is 2.72. The van der Waals surface area contributed by atoms with Crippen LogP contribution in [0, 0.1) is 6.92 Å². The lowest BCUT2D eigenvalue weighted by molar-refractivity contribution is 0.284. The maximum absolute atomic E-state index is 4.66. The van der Waals surface area contributed by atoms with Gasteiger partial charge in [0, 0.05) is 5.39 Å². The highest BCUT2D eigenvalue weighted by Crippen LogP contribution is 2.30. The van der Waals surface area contributed by atoms with Gasteiger partial charge in [-0.05, 0) is 56.5 Å². The summed E-state index contributed by atoms with van der Waals surface area (Å²) in [5.41, 5.74) is 4.10. The van der Waals surface area contributed by atoms with E-state index in [4.69, 9.17) is 0 Å². The van der Waals surface area contributed by atoms with Gasteiger partial charge in [-0.1, -0.05) is 22.9 Å². The van der Waals surface area contributed by atoms with Gasteiger partial charge in [0.2, 0.25) is 0 Å². The molecule has 4 rings (SSSR count). The number of hydrogen-bond acceptors (Lipinski definition) is 3. The number of pyridine rings is 1. The van der Waals surface area contributed by atoms with Crippen LogP contribution in [0.1, 0.15) is 42.3 Å². The van der Waals surface area contributed by atoms with E-state index in [1.807, 2.05) is 29.1 Å². The molecule has 1 fully saturated rings. The summed E-state index contributed by atoms with van der Waals surface area (Å²) >= 11 is 0. The first kappa shape index (κ1) is 13.2. The number of rotatable bonds is 3. The lowest BCUT2D eigenvalue weighted by Crippen LogP contribution is -2.17. The van der Waals surface area contributed by atoms with Gasteiger partial charge in [-0.15, -0.1) is 5.10 Å². The molecule has 0 saturated heterocycles. The first-order valence-corrected chi connectivity index (χ1v) is 7.75. The summed E-state index contributed by atoms with van der Waals surface area (Å²) in [7, 11) is 0. The van der Waals surface area contributed by atoms with Crippen molar-refractivity contribution in [3.8, 4) is 0 Å². The third-order valence-electron chi connectivity index (χ3n) is 4.27. The molecule has 0 radical (unpaired) electrons. The Morgan fingerprint density at radius 1 is 1.09 bits per heavy atom. The molecule has 0 spiro atoms. The standard InChI is InChI=1S/C18H18N4/c1-13-5-10-18-14(11-13)6-7-15(19-18)8-9-16-12-22(21-20-16)17-3-2-4-17/h5-12,17H,2-4H2,1H3/b9-8+. The van der Waals surface area contributed by atoms with Gasteiger partial charge in [0.1, 0.15) is 5.69 Å². The molecule has 2 heterocycles. The van der Waals surface area contributed by atoms with E-state index in [9.17, 15) is 0 Å². The fraction of sp³-hybridized carbons (Fsp3) is 0.278. The van der Waals surface area contributed by atoms with E-state index in [2.05, 4.69) is 46.5 Å². The van der Waals surface area contributed by atoms with Crippen molar-refractivity contribution in [1.29, 1.82) is 0 Å². The average Bonchev–Trinajstić information content (AvgIpc) is 2.91. The minimum Gasteiger partial charge on any atom is -0.249 e. The van der Waals surface area contributed by atoms with Crippen LogP contribution in [-0.4, -0.2) is 20.0 Å². The number of aromatic nitrogens is 4. The molecule has 0 atom stereocenters. The quantitative estimate of drug-likeness (QED) is 0.731. The van der Waals surface area contributed by atoms with Crippen LogP contribution in [0.4, 0.5) is 0 Å². The van der Waals surface area contributed by atoms with Crippen molar-refractivity contribution in [2.24, 2.45) is 0 Å². The molecule has 110 valence electrons. The highest BCUT2D eigenvalue weighted by molar-refractivity contribution is 5.81. The van der Waals surface area contributed by atoms with Crippen molar-refractivity contribution in [1.82, 2.24) is 20.0 Å². The van der Waals surface area contributed by atoms with E-state index >= 15 is 0 Å². The lowest BCUT2D eigenvalue weighted by atomic mass is 9.93. The summed E-state index contributed by atoms with van der Waals surface area (Å²) in [5, 5.41) is 9.59. The van der Waals surface area contributed by atoms with Gasteiger partial charge in [0.05, 0.1) is 23.4 Å². The minimum atomic E-state index is 0.552. The van der Waals surface area contributed by atoms with Crippen LogP contribution in [-0.2, 0) is 0 Å². The Bertz CT molecular complexity index is 843. The number of fused-ring (bicyclic) bond motifs is 1. The molecule has 0 bridgehead atoms. The number of aryl methyl sites for hydroxylation is 1. The van der Waals surface area contributed by atoms with Crippen LogP contribution >= 0.6 is 0 Å². The van der Waals surface area contributed by atoms with Gasteiger partial charge in [0.25, 0.3) is 0 Å². The van der Waals surface area contributed by atoms with Crippen molar-refractivity contribution in [2.75, 3.05) is 0 Å². The molecule has 4 nitrogen and oxygen atoms in total. The molecule has 4 heteroatoms. The monoisotopic (exact) mass is 290 g/mol. The van der Waals surface area contributed by atoms with Crippen molar-refractivity contribution >= 4 is 23.1 Å². The number of benzene rings is 1. The molecule has 3 aromatic rings. The summed E-state index contributed by atoms with van der Waals surface area (Å²) < 4.78 is 1.99. The predicted molar refractivity (Wildman–Crippen MR) is 88.3 cm³/mol. The van der Waals surface area contributed by atoms with E-state index < -0.39 is 0 Å². The summed E-state index contributed by atoms with van der Waals surface area (Å²) in [6.45, 7) is 2.10. The van der Waals surface area contributed by atoms with Crippen molar-refractivity contribution in [3.05, 3.63) is 53.5 Å². The first-order valence-electron chi connectivity index (χ1n) is 7.75. The van der Waals surface area contributed by atoms with E-state index in [0.29, 0.717) is 6.04 Å².